The lowest BCUT2D eigenvalue weighted by Crippen LogP contribution is -2.25. The Hall–Kier alpha value is -3.76. The lowest BCUT2D eigenvalue weighted by atomic mass is 10.1. The van der Waals surface area contributed by atoms with Gasteiger partial charge in [0, 0.05) is 44.1 Å². The summed E-state index contributed by atoms with van der Waals surface area (Å²) in [6, 6.07) is 19.0. The molecule has 7 nitrogen and oxygen atoms in total. The number of anilines is 1. The van der Waals surface area contributed by atoms with Crippen molar-refractivity contribution in [1.29, 1.82) is 5.26 Å². The minimum atomic E-state index is 0.680. The number of benzene rings is 2. The third-order valence-electron chi connectivity index (χ3n) is 6.31. The van der Waals surface area contributed by atoms with Crippen molar-refractivity contribution < 1.29 is 0 Å². The molecular formula is C27H31N7. The van der Waals surface area contributed by atoms with Crippen LogP contribution in [0.4, 0.5) is 5.69 Å². The van der Waals surface area contributed by atoms with E-state index in [-0.39, 0.29) is 0 Å². The molecule has 0 spiro atoms. The number of hydrogen-bond donors (Lipinski definition) is 0. The molecule has 0 aliphatic carbocycles. The minimum Gasteiger partial charge on any atom is -0.372 e. The van der Waals surface area contributed by atoms with Gasteiger partial charge in [-0.05, 0) is 81.5 Å². The molecule has 2 aliphatic rings. The predicted molar refractivity (Wildman–Crippen MR) is 136 cm³/mol. The standard InChI is InChI=1S/C24H22N6.C3H9N/c1-27-26-24-23-13-19(18-6-4-17(14-25)5-7-18)15-29(23)16-20-12-21(28-10-2-3-11-28)8-9-22(20)30(24)27;1-4(2)3/h4-9,12-13,15H,2-3,10-11,16H2,1H3;1-3H3. The summed E-state index contributed by atoms with van der Waals surface area (Å²) in [5.41, 5.74) is 7.88. The van der Waals surface area contributed by atoms with Crippen molar-refractivity contribution in [1.82, 2.24) is 24.0 Å². The Kier molecular flexibility index (Phi) is 5.76. The van der Waals surface area contributed by atoms with Crippen LogP contribution in [0.1, 0.15) is 24.0 Å². The zero-order valence-corrected chi connectivity index (χ0v) is 20.4. The van der Waals surface area contributed by atoms with Crippen LogP contribution in [-0.4, -0.2) is 58.3 Å². The first-order valence-corrected chi connectivity index (χ1v) is 11.8. The number of nitriles is 1. The first kappa shape index (κ1) is 22.1. The van der Waals surface area contributed by atoms with Gasteiger partial charge in [0.05, 0.1) is 23.0 Å². The van der Waals surface area contributed by atoms with E-state index in [4.69, 9.17) is 5.26 Å². The fourth-order valence-corrected chi connectivity index (χ4v) is 4.74. The Morgan fingerprint density at radius 2 is 1.65 bits per heavy atom. The molecule has 7 heteroatoms. The Morgan fingerprint density at radius 3 is 2.29 bits per heavy atom. The van der Waals surface area contributed by atoms with Gasteiger partial charge < -0.3 is 14.4 Å². The molecule has 2 aromatic heterocycles. The number of nitrogens with zero attached hydrogens (tertiary/aromatic N) is 7. The Morgan fingerprint density at radius 1 is 0.941 bits per heavy atom. The van der Waals surface area contributed by atoms with Crippen LogP contribution in [0, 0.1) is 11.3 Å². The third kappa shape index (κ3) is 4.02. The fraction of sp³-hybridized carbons (Fsp3) is 0.333. The van der Waals surface area contributed by atoms with E-state index in [0.29, 0.717) is 5.56 Å². The van der Waals surface area contributed by atoms with Crippen LogP contribution in [0.25, 0.3) is 28.3 Å². The molecule has 0 bridgehead atoms. The molecule has 6 rings (SSSR count). The molecule has 4 heterocycles. The van der Waals surface area contributed by atoms with Gasteiger partial charge in [-0.3, -0.25) is 0 Å². The van der Waals surface area contributed by atoms with Crippen LogP contribution in [0.5, 0.6) is 0 Å². The monoisotopic (exact) mass is 453 g/mol. The maximum Gasteiger partial charge on any atom is 0.199 e. The topological polar surface area (TPSA) is 58.0 Å². The molecule has 2 aromatic carbocycles. The molecule has 1 saturated heterocycles. The summed E-state index contributed by atoms with van der Waals surface area (Å²) in [5, 5.41) is 13.7. The molecular weight excluding hydrogens is 422 g/mol. The van der Waals surface area contributed by atoms with Gasteiger partial charge in [-0.25, -0.2) is 9.48 Å². The number of aryl methyl sites for hydroxylation is 1. The largest absolute Gasteiger partial charge is 0.372 e. The molecule has 0 amide bonds. The van der Waals surface area contributed by atoms with Crippen LogP contribution in [0.3, 0.4) is 0 Å². The van der Waals surface area contributed by atoms with Crippen LogP contribution in [0.2, 0.25) is 0 Å². The molecule has 0 radical (unpaired) electrons. The van der Waals surface area contributed by atoms with Crippen molar-refractivity contribution in [2.45, 2.75) is 19.4 Å². The molecule has 0 unspecified atom stereocenters. The molecule has 34 heavy (non-hydrogen) atoms. The van der Waals surface area contributed by atoms with Gasteiger partial charge in [0.1, 0.15) is 0 Å². The van der Waals surface area contributed by atoms with Gasteiger partial charge in [0.25, 0.3) is 0 Å². The van der Waals surface area contributed by atoms with Gasteiger partial charge in [0.15, 0.2) is 5.82 Å². The second-order valence-electron chi connectivity index (χ2n) is 9.50. The highest BCUT2D eigenvalue weighted by Gasteiger charge is 2.26. The molecule has 0 atom stereocenters. The summed E-state index contributed by atoms with van der Waals surface area (Å²) < 4.78 is 4.50. The maximum absolute atomic E-state index is 9.07. The van der Waals surface area contributed by atoms with Crippen LogP contribution in [0.15, 0.2) is 54.7 Å². The molecule has 1 fully saturated rings. The lowest BCUT2D eigenvalue weighted by Gasteiger charge is -2.23. The average Bonchev–Trinajstić information content (AvgIpc) is 3.47. The summed E-state index contributed by atoms with van der Waals surface area (Å²) in [6.45, 7) is 3.10. The van der Waals surface area contributed by atoms with Crippen molar-refractivity contribution in [3.63, 3.8) is 0 Å². The average molecular weight is 454 g/mol. The number of fused-ring (bicyclic) bond motifs is 5. The van der Waals surface area contributed by atoms with Gasteiger partial charge in [-0.1, -0.05) is 12.1 Å². The van der Waals surface area contributed by atoms with Gasteiger partial charge in [0.2, 0.25) is 0 Å². The van der Waals surface area contributed by atoms with Gasteiger partial charge >= 0.3 is 0 Å². The second-order valence-corrected chi connectivity index (χ2v) is 9.50. The third-order valence-corrected chi connectivity index (χ3v) is 6.31. The zero-order chi connectivity index (χ0) is 23.8. The Bertz CT molecular complexity index is 1340. The SMILES string of the molecule is CN(C)C.Cn1nc2n1-c1ccc(N3CCCC3)cc1Cn1cc(-c3ccc(C#N)cc3)cc1-2. The summed E-state index contributed by atoms with van der Waals surface area (Å²) in [4.78, 5) is 6.40. The molecule has 0 N–H and O–H groups in total. The molecule has 2 aliphatic heterocycles. The highest BCUT2D eigenvalue weighted by Crippen LogP contribution is 2.36. The quantitative estimate of drug-likeness (QED) is 0.399. The number of hydrogen-bond acceptors (Lipinski definition) is 4. The van der Waals surface area contributed by atoms with E-state index in [9.17, 15) is 0 Å². The van der Waals surface area contributed by atoms with Crippen molar-refractivity contribution in [2.75, 3.05) is 39.1 Å². The van der Waals surface area contributed by atoms with Gasteiger partial charge in [-0.15, -0.1) is 5.10 Å². The summed E-state index contributed by atoms with van der Waals surface area (Å²) in [5.74, 6) is 0.977. The smallest absolute Gasteiger partial charge is 0.199 e. The number of rotatable bonds is 2. The van der Waals surface area contributed by atoms with Crippen molar-refractivity contribution >= 4 is 5.69 Å². The summed E-state index contributed by atoms with van der Waals surface area (Å²) >= 11 is 0. The van der Waals surface area contributed by atoms with E-state index in [1.807, 2.05) is 62.2 Å². The van der Waals surface area contributed by atoms with Gasteiger partial charge in [-0.2, -0.15) is 5.26 Å². The Balaban J connectivity index is 0.000000560. The minimum absolute atomic E-state index is 0.680. The van der Waals surface area contributed by atoms with Crippen LogP contribution >= 0.6 is 0 Å². The normalized spacial score (nSPS) is 14.1. The highest BCUT2D eigenvalue weighted by atomic mass is 15.6. The summed E-state index contributed by atoms with van der Waals surface area (Å²) in [7, 11) is 7.99. The molecule has 4 aromatic rings. The van der Waals surface area contributed by atoms with E-state index < -0.39 is 0 Å². The van der Waals surface area contributed by atoms with E-state index in [0.717, 1.165) is 42.3 Å². The van der Waals surface area contributed by atoms with Crippen molar-refractivity contribution in [3.8, 4) is 34.4 Å². The van der Waals surface area contributed by atoms with E-state index in [1.54, 1.807) is 0 Å². The highest BCUT2D eigenvalue weighted by molar-refractivity contribution is 5.72. The molecule has 174 valence electrons. The first-order valence-electron chi connectivity index (χ1n) is 11.8. The lowest BCUT2D eigenvalue weighted by molar-refractivity contribution is 0.477. The van der Waals surface area contributed by atoms with E-state index in [1.165, 1.54) is 29.8 Å². The number of aromatic nitrogens is 4. The van der Waals surface area contributed by atoms with E-state index in [2.05, 4.69) is 55.8 Å². The first-order chi connectivity index (χ1) is 16.4. The van der Waals surface area contributed by atoms with Crippen molar-refractivity contribution in [3.05, 3.63) is 65.9 Å². The maximum atomic E-state index is 9.07. The van der Waals surface area contributed by atoms with Crippen LogP contribution in [-0.2, 0) is 13.6 Å². The van der Waals surface area contributed by atoms with Crippen LogP contribution < -0.4 is 4.90 Å². The van der Waals surface area contributed by atoms with Crippen molar-refractivity contribution in [2.24, 2.45) is 7.05 Å². The van der Waals surface area contributed by atoms with E-state index >= 15 is 0 Å². The fourth-order valence-electron chi connectivity index (χ4n) is 4.74. The Labute approximate surface area is 201 Å². The predicted octanol–water partition coefficient (Wildman–Crippen LogP) is 4.36. The second kappa shape index (κ2) is 8.88. The summed E-state index contributed by atoms with van der Waals surface area (Å²) in [6.07, 6.45) is 4.75. The zero-order valence-electron chi connectivity index (χ0n) is 20.4. The molecule has 0 saturated carbocycles.